The Morgan fingerprint density at radius 1 is 1.07 bits per heavy atom. The van der Waals surface area contributed by atoms with Crippen molar-refractivity contribution in [2.24, 2.45) is 5.92 Å². The minimum absolute atomic E-state index is 0.00573. The fourth-order valence-electron chi connectivity index (χ4n) is 3.00. The van der Waals surface area contributed by atoms with Gasteiger partial charge in [0.1, 0.15) is 6.29 Å². The molecule has 2 aromatic rings. The van der Waals surface area contributed by atoms with Crippen molar-refractivity contribution in [2.45, 2.75) is 45.2 Å². The molecule has 0 aliphatic heterocycles. The van der Waals surface area contributed by atoms with Crippen molar-refractivity contribution < 1.29 is 9.59 Å². The molecular weight excluding hydrogens is 372 g/mol. The average Bonchev–Trinajstić information content (AvgIpc) is 2.69. The Labute approximate surface area is 172 Å². The van der Waals surface area contributed by atoms with Crippen molar-refractivity contribution in [3.63, 3.8) is 0 Å². The molecule has 0 saturated carbocycles. The van der Waals surface area contributed by atoms with Crippen molar-refractivity contribution in [1.82, 2.24) is 10.6 Å². The molecule has 0 saturated heterocycles. The Hall–Kier alpha value is -2.17. The molecule has 0 aliphatic carbocycles. The zero-order valence-corrected chi connectivity index (χ0v) is 17.3. The molecule has 150 valence electrons. The number of hydrogen-bond donors (Lipinski definition) is 2. The van der Waals surface area contributed by atoms with E-state index in [-0.39, 0.29) is 23.9 Å². The van der Waals surface area contributed by atoms with Crippen LogP contribution in [0.25, 0.3) is 0 Å². The quantitative estimate of drug-likeness (QED) is 0.564. The zero-order valence-electron chi connectivity index (χ0n) is 16.5. The van der Waals surface area contributed by atoms with Crippen LogP contribution in [0.3, 0.4) is 0 Å². The minimum atomic E-state index is -0.271. The summed E-state index contributed by atoms with van der Waals surface area (Å²) in [5.41, 5.74) is 2.16. The van der Waals surface area contributed by atoms with Gasteiger partial charge < -0.3 is 15.4 Å². The van der Waals surface area contributed by atoms with E-state index in [2.05, 4.69) is 24.5 Å². The van der Waals surface area contributed by atoms with E-state index in [9.17, 15) is 9.59 Å². The highest BCUT2D eigenvalue weighted by Gasteiger charge is 2.18. The standard InChI is InChI=1S/C23H29ClN2O2/c1-17(2)22(15-25-21(16-27)14-18-7-4-3-5-8-18)26-23(28)12-11-19-9-6-10-20(24)13-19/h3-10,13,16-17,21-22,25H,11-12,14-15H2,1-2H3,(H,26,28)/t21?,22-/m1/s1. The largest absolute Gasteiger partial charge is 0.352 e. The number of aryl methyl sites for hydroxylation is 1. The van der Waals surface area contributed by atoms with E-state index in [1.54, 1.807) is 0 Å². The van der Waals surface area contributed by atoms with Crippen LogP contribution in [-0.4, -0.2) is 30.8 Å². The fourth-order valence-corrected chi connectivity index (χ4v) is 3.21. The summed E-state index contributed by atoms with van der Waals surface area (Å²) in [7, 11) is 0. The number of rotatable bonds is 11. The van der Waals surface area contributed by atoms with Crippen LogP contribution in [0.5, 0.6) is 0 Å². The van der Waals surface area contributed by atoms with Gasteiger partial charge in [0, 0.05) is 24.0 Å². The topological polar surface area (TPSA) is 58.2 Å². The lowest BCUT2D eigenvalue weighted by molar-refractivity contribution is -0.122. The summed E-state index contributed by atoms with van der Waals surface area (Å²) in [5.74, 6) is 0.262. The monoisotopic (exact) mass is 400 g/mol. The first-order valence-electron chi connectivity index (χ1n) is 9.74. The van der Waals surface area contributed by atoms with Gasteiger partial charge in [-0.1, -0.05) is 67.9 Å². The van der Waals surface area contributed by atoms with Gasteiger partial charge in [-0.15, -0.1) is 0 Å². The Bertz CT molecular complexity index is 749. The number of carbonyl (C=O) groups excluding carboxylic acids is 2. The molecule has 2 N–H and O–H groups in total. The van der Waals surface area contributed by atoms with Crippen LogP contribution in [0.1, 0.15) is 31.4 Å². The number of nitrogens with one attached hydrogen (secondary N) is 2. The predicted molar refractivity (Wildman–Crippen MR) is 115 cm³/mol. The first-order valence-corrected chi connectivity index (χ1v) is 10.1. The molecule has 0 radical (unpaired) electrons. The maximum atomic E-state index is 12.4. The Balaban J connectivity index is 1.82. The number of halogens is 1. The van der Waals surface area contributed by atoms with Crippen molar-refractivity contribution in [2.75, 3.05) is 6.54 Å². The predicted octanol–water partition coefficient (Wildman–Crippen LogP) is 3.81. The molecule has 4 nitrogen and oxygen atoms in total. The molecule has 5 heteroatoms. The summed E-state index contributed by atoms with van der Waals surface area (Å²) in [6.45, 7) is 4.68. The summed E-state index contributed by atoms with van der Waals surface area (Å²) >= 11 is 5.99. The number of amides is 1. The molecule has 28 heavy (non-hydrogen) atoms. The Kier molecular flexibility index (Phi) is 9.18. The molecule has 2 atom stereocenters. The average molecular weight is 401 g/mol. The molecule has 2 aromatic carbocycles. The van der Waals surface area contributed by atoms with Crippen LogP contribution in [-0.2, 0) is 22.4 Å². The van der Waals surface area contributed by atoms with E-state index < -0.39 is 0 Å². The van der Waals surface area contributed by atoms with Crippen molar-refractivity contribution in [1.29, 1.82) is 0 Å². The summed E-state index contributed by atoms with van der Waals surface area (Å²) < 4.78 is 0. The Morgan fingerprint density at radius 2 is 1.79 bits per heavy atom. The third-order valence-corrected chi connectivity index (χ3v) is 4.98. The number of carbonyl (C=O) groups is 2. The summed E-state index contributed by atoms with van der Waals surface area (Å²) in [4.78, 5) is 23.8. The van der Waals surface area contributed by atoms with Crippen LogP contribution in [0.15, 0.2) is 54.6 Å². The van der Waals surface area contributed by atoms with Gasteiger partial charge in [-0.3, -0.25) is 4.79 Å². The van der Waals surface area contributed by atoms with E-state index in [0.29, 0.717) is 30.8 Å². The van der Waals surface area contributed by atoms with Crippen LogP contribution in [0.2, 0.25) is 5.02 Å². The smallest absolute Gasteiger partial charge is 0.220 e. The van der Waals surface area contributed by atoms with Gasteiger partial charge in [0.2, 0.25) is 5.91 Å². The first kappa shape index (κ1) is 22.1. The third kappa shape index (κ3) is 7.83. The van der Waals surface area contributed by atoms with Gasteiger partial charge in [0.25, 0.3) is 0 Å². The molecule has 1 amide bonds. The lowest BCUT2D eigenvalue weighted by Gasteiger charge is -2.25. The van der Waals surface area contributed by atoms with Crippen molar-refractivity contribution in [3.05, 3.63) is 70.7 Å². The summed E-state index contributed by atoms with van der Waals surface area (Å²) in [6.07, 6.45) is 2.63. The lowest BCUT2D eigenvalue weighted by atomic mass is 10.0. The molecule has 1 unspecified atom stereocenters. The Morgan fingerprint density at radius 3 is 2.43 bits per heavy atom. The number of hydrogen-bond acceptors (Lipinski definition) is 3. The van der Waals surface area contributed by atoms with Gasteiger partial charge in [-0.05, 0) is 42.0 Å². The van der Waals surface area contributed by atoms with E-state index in [4.69, 9.17) is 11.6 Å². The molecule has 0 fully saturated rings. The molecule has 0 bridgehead atoms. The number of benzene rings is 2. The third-order valence-electron chi connectivity index (χ3n) is 4.74. The molecule has 2 rings (SSSR count). The number of aldehydes is 1. The highest BCUT2D eigenvalue weighted by molar-refractivity contribution is 6.30. The van der Waals surface area contributed by atoms with Crippen LogP contribution in [0.4, 0.5) is 0 Å². The van der Waals surface area contributed by atoms with Gasteiger partial charge >= 0.3 is 0 Å². The first-order chi connectivity index (χ1) is 13.5. The zero-order chi connectivity index (χ0) is 20.4. The molecule has 0 aliphatic rings. The van der Waals surface area contributed by atoms with E-state index >= 15 is 0 Å². The second kappa shape index (κ2) is 11.6. The van der Waals surface area contributed by atoms with E-state index in [0.717, 1.165) is 17.4 Å². The second-order valence-electron chi connectivity index (χ2n) is 7.39. The van der Waals surface area contributed by atoms with E-state index in [1.807, 2.05) is 54.6 Å². The minimum Gasteiger partial charge on any atom is -0.352 e. The molecular formula is C23H29ClN2O2. The maximum Gasteiger partial charge on any atom is 0.220 e. The van der Waals surface area contributed by atoms with Crippen LogP contribution < -0.4 is 10.6 Å². The van der Waals surface area contributed by atoms with E-state index in [1.165, 1.54) is 0 Å². The highest BCUT2D eigenvalue weighted by Crippen LogP contribution is 2.12. The van der Waals surface area contributed by atoms with Gasteiger partial charge in [0.15, 0.2) is 0 Å². The summed E-state index contributed by atoms with van der Waals surface area (Å²) in [5, 5.41) is 7.06. The molecule has 0 heterocycles. The molecule has 0 aromatic heterocycles. The van der Waals surface area contributed by atoms with Crippen molar-refractivity contribution in [3.8, 4) is 0 Å². The lowest BCUT2D eigenvalue weighted by Crippen LogP contribution is -2.48. The fraction of sp³-hybridized carbons (Fsp3) is 0.391. The molecule has 0 spiro atoms. The SMILES string of the molecule is CC(C)[C@@H](CNC(C=O)Cc1ccccc1)NC(=O)CCc1cccc(Cl)c1. The highest BCUT2D eigenvalue weighted by atomic mass is 35.5. The van der Waals surface area contributed by atoms with Crippen LogP contribution >= 0.6 is 11.6 Å². The second-order valence-corrected chi connectivity index (χ2v) is 7.82. The summed E-state index contributed by atoms with van der Waals surface area (Å²) in [6, 6.07) is 17.2. The normalized spacial score (nSPS) is 13.1. The van der Waals surface area contributed by atoms with Crippen LogP contribution in [0, 0.1) is 5.92 Å². The van der Waals surface area contributed by atoms with Crippen molar-refractivity contribution >= 4 is 23.8 Å². The van der Waals surface area contributed by atoms with Gasteiger partial charge in [0.05, 0.1) is 6.04 Å². The maximum absolute atomic E-state index is 12.4. The van der Waals surface area contributed by atoms with Gasteiger partial charge in [-0.2, -0.15) is 0 Å². The van der Waals surface area contributed by atoms with Gasteiger partial charge in [-0.25, -0.2) is 0 Å².